The van der Waals surface area contributed by atoms with Crippen LogP contribution in [0.4, 0.5) is 0 Å². The molecule has 33 heavy (non-hydrogen) atoms. The van der Waals surface area contributed by atoms with Gasteiger partial charge in [-0.3, -0.25) is 9.48 Å². The Hall–Kier alpha value is -3.39. The summed E-state index contributed by atoms with van der Waals surface area (Å²) in [5, 5.41) is 9.02. The number of hydrogen-bond acceptors (Lipinski definition) is 6. The van der Waals surface area contributed by atoms with Gasteiger partial charge in [0.15, 0.2) is 5.89 Å². The van der Waals surface area contributed by atoms with Crippen molar-refractivity contribution in [3.63, 3.8) is 0 Å². The number of halogens is 1. The van der Waals surface area contributed by atoms with Crippen molar-refractivity contribution in [3.8, 4) is 11.3 Å². The first-order chi connectivity index (χ1) is 16.1. The third-order valence-corrected chi connectivity index (χ3v) is 6.15. The van der Waals surface area contributed by atoms with Crippen LogP contribution in [0.3, 0.4) is 0 Å². The minimum Gasteiger partial charge on any atom is -0.445 e. The highest BCUT2D eigenvalue weighted by Gasteiger charge is 2.30. The van der Waals surface area contributed by atoms with E-state index in [1.54, 1.807) is 28.0 Å². The number of aryl methyl sites for hydroxylation is 1. The normalized spacial score (nSPS) is 16.3. The zero-order valence-electron chi connectivity index (χ0n) is 18.3. The zero-order valence-corrected chi connectivity index (χ0v) is 19.0. The number of piperidine rings is 1. The maximum Gasteiger partial charge on any atom is 0.292 e. The van der Waals surface area contributed by atoms with Gasteiger partial charge in [0.25, 0.3) is 5.91 Å². The molecule has 0 radical (unpaired) electrons. The summed E-state index contributed by atoms with van der Waals surface area (Å²) < 4.78 is 13.2. The smallest absolute Gasteiger partial charge is 0.292 e. The third-order valence-electron chi connectivity index (χ3n) is 5.89. The predicted octanol–water partition coefficient (Wildman–Crippen LogP) is 4.81. The molecule has 1 fully saturated rings. The topological polar surface area (TPSA) is 90.2 Å². The summed E-state index contributed by atoms with van der Waals surface area (Å²) in [6.45, 7) is 3.97. The lowest BCUT2D eigenvalue weighted by Gasteiger charge is -2.30. The van der Waals surface area contributed by atoms with E-state index in [0.29, 0.717) is 36.1 Å². The molecule has 9 heteroatoms. The van der Waals surface area contributed by atoms with Gasteiger partial charge in [-0.25, -0.2) is 4.98 Å². The van der Waals surface area contributed by atoms with E-state index in [9.17, 15) is 4.79 Å². The number of benzene rings is 1. The second-order valence-corrected chi connectivity index (χ2v) is 8.66. The maximum absolute atomic E-state index is 13.1. The van der Waals surface area contributed by atoms with Gasteiger partial charge in [-0.1, -0.05) is 28.9 Å². The Morgan fingerprint density at radius 3 is 2.88 bits per heavy atom. The minimum atomic E-state index is -0.172. The van der Waals surface area contributed by atoms with E-state index < -0.39 is 0 Å². The van der Waals surface area contributed by atoms with Crippen LogP contribution < -0.4 is 0 Å². The molecular weight excluding hydrogens is 442 g/mol. The summed E-state index contributed by atoms with van der Waals surface area (Å²) in [7, 11) is 0. The number of likely N-dealkylation sites (tertiary alicyclic amines) is 1. The number of aromatic nitrogens is 4. The zero-order chi connectivity index (χ0) is 22.8. The van der Waals surface area contributed by atoms with E-state index in [0.717, 1.165) is 36.3 Å². The molecular formula is C24H24ClN5O3. The van der Waals surface area contributed by atoms with Gasteiger partial charge < -0.3 is 13.8 Å². The highest BCUT2D eigenvalue weighted by molar-refractivity contribution is 6.30. The Bertz CT molecular complexity index is 1240. The van der Waals surface area contributed by atoms with E-state index in [-0.39, 0.29) is 17.6 Å². The van der Waals surface area contributed by atoms with Crippen molar-refractivity contribution in [1.82, 2.24) is 24.8 Å². The van der Waals surface area contributed by atoms with Gasteiger partial charge in [-0.15, -0.1) is 0 Å². The number of nitrogens with zero attached hydrogens (tertiary/aromatic N) is 5. The second-order valence-electron chi connectivity index (χ2n) is 8.22. The van der Waals surface area contributed by atoms with Crippen molar-refractivity contribution in [3.05, 3.63) is 76.9 Å². The van der Waals surface area contributed by atoms with Gasteiger partial charge in [0.05, 0.1) is 18.3 Å². The predicted molar refractivity (Wildman–Crippen MR) is 122 cm³/mol. The van der Waals surface area contributed by atoms with Crippen LogP contribution in [-0.2, 0) is 13.0 Å². The number of oxazole rings is 1. The Balaban J connectivity index is 1.25. The average Bonchev–Trinajstić information content (AvgIpc) is 3.60. The maximum atomic E-state index is 13.1. The van der Waals surface area contributed by atoms with Crippen LogP contribution in [0.25, 0.3) is 11.3 Å². The van der Waals surface area contributed by atoms with Crippen LogP contribution in [0, 0.1) is 0 Å². The fourth-order valence-electron chi connectivity index (χ4n) is 4.10. The number of carbonyl (C=O) groups excluding carboxylic acids is 1. The molecule has 0 aliphatic carbocycles. The van der Waals surface area contributed by atoms with Crippen molar-refractivity contribution in [1.29, 1.82) is 0 Å². The van der Waals surface area contributed by atoms with Gasteiger partial charge in [-0.2, -0.15) is 5.10 Å². The molecule has 0 saturated carbocycles. The van der Waals surface area contributed by atoms with Crippen LogP contribution >= 0.6 is 11.6 Å². The molecule has 0 spiro atoms. The van der Waals surface area contributed by atoms with E-state index in [1.807, 2.05) is 37.4 Å². The van der Waals surface area contributed by atoms with Crippen LogP contribution in [0.2, 0.25) is 5.02 Å². The quantitative estimate of drug-likeness (QED) is 0.406. The molecule has 0 N–H and O–H groups in total. The lowest BCUT2D eigenvalue weighted by Crippen LogP contribution is -2.39. The number of amides is 1. The Morgan fingerprint density at radius 2 is 2.09 bits per heavy atom. The summed E-state index contributed by atoms with van der Waals surface area (Å²) in [5.74, 6) is 1.57. The first-order valence-corrected chi connectivity index (χ1v) is 11.4. The highest BCUT2D eigenvalue weighted by Crippen LogP contribution is 2.29. The molecule has 8 nitrogen and oxygen atoms in total. The molecule has 1 amide bonds. The van der Waals surface area contributed by atoms with E-state index in [4.69, 9.17) is 20.5 Å². The molecule has 3 aromatic heterocycles. The molecule has 5 rings (SSSR count). The van der Waals surface area contributed by atoms with Gasteiger partial charge in [0, 0.05) is 48.9 Å². The van der Waals surface area contributed by atoms with Gasteiger partial charge in [0.1, 0.15) is 11.5 Å². The Labute approximate surface area is 196 Å². The van der Waals surface area contributed by atoms with Crippen molar-refractivity contribution in [2.45, 2.75) is 38.6 Å². The third kappa shape index (κ3) is 4.71. The molecule has 1 aliphatic rings. The monoisotopic (exact) mass is 465 g/mol. The molecule has 1 aromatic carbocycles. The number of carbonyl (C=O) groups is 1. The van der Waals surface area contributed by atoms with E-state index >= 15 is 0 Å². The SMILES string of the molecule is CCn1cc(-c2cc(C(=O)N3CCC[C@H](c4ncc(Cc5ccc(Cl)cc5)o4)C3)on2)cn1. The molecule has 4 heterocycles. The first kappa shape index (κ1) is 21.5. The van der Waals surface area contributed by atoms with Crippen molar-refractivity contribution in [2.24, 2.45) is 0 Å². The lowest BCUT2D eigenvalue weighted by molar-refractivity contribution is 0.0656. The van der Waals surface area contributed by atoms with Gasteiger partial charge >= 0.3 is 0 Å². The molecule has 170 valence electrons. The summed E-state index contributed by atoms with van der Waals surface area (Å²) in [6.07, 6.45) is 7.81. The average molecular weight is 466 g/mol. The fraction of sp³-hybridized carbons (Fsp3) is 0.333. The van der Waals surface area contributed by atoms with Crippen LogP contribution in [0.15, 0.2) is 57.9 Å². The largest absolute Gasteiger partial charge is 0.445 e. The Kier molecular flexibility index (Phi) is 6.00. The number of hydrogen-bond donors (Lipinski definition) is 0. The van der Waals surface area contributed by atoms with Crippen molar-refractivity contribution in [2.75, 3.05) is 13.1 Å². The number of rotatable bonds is 6. The summed E-state index contributed by atoms with van der Waals surface area (Å²) in [6, 6.07) is 9.36. The van der Waals surface area contributed by atoms with Crippen molar-refractivity contribution >= 4 is 17.5 Å². The molecule has 4 aromatic rings. The summed E-state index contributed by atoms with van der Waals surface area (Å²) in [5.41, 5.74) is 2.53. The minimum absolute atomic E-state index is 0.0480. The van der Waals surface area contributed by atoms with Crippen LogP contribution in [-0.4, -0.2) is 43.8 Å². The summed E-state index contributed by atoms with van der Waals surface area (Å²) in [4.78, 5) is 19.4. The van der Waals surface area contributed by atoms with Crippen LogP contribution in [0.1, 0.15) is 53.5 Å². The highest BCUT2D eigenvalue weighted by atomic mass is 35.5. The van der Waals surface area contributed by atoms with E-state index in [2.05, 4.69) is 15.2 Å². The lowest BCUT2D eigenvalue weighted by atomic mass is 9.98. The molecule has 1 aliphatic heterocycles. The Morgan fingerprint density at radius 1 is 1.24 bits per heavy atom. The van der Waals surface area contributed by atoms with Gasteiger partial charge in [0.2, 0.25) is 5.76 Å². The molecule has 0 unspecified atom stereocenters. The second kappa shape index (κ2) is 9.23. The standard InChI is InChI=1S/C24H24ClN5O3/c1-2-30-15-18(12-27-30)21-11-22(33-28-21)24(31)29-9-3-4-17(14-29)23-26-13-20(32-23)10-16-5-7-19(25)8-6-16/h5-8,11-13,15,17H,2-4,9-10,14H2,1H3/t17-/m0/s1. The molecule has 1 saturated heterocycles. The first-order valence-electron chi connectivity index (χ1n) is 11.1. The van der Waals surface area contributed by atoms with Crippen molar-refractivity contribution < 1.29 is 13.7 Å². The van der Waals surface area contributed by atoms with Gasteiger partial charge in [-0.05, 0) is 37.5 Å². The van der Waals surface area contributed by atoms with E-state index in [1.165, 1.54) is 0 Å². The summed E-state index contributed by atoms with van der Waals surface area (Å²) >= 11 is 5.96. The van der Waals surface area contributed by atoms with Crippen LogP contribution in [0.5, 0.6) is 0 Å². The molecule has 0 bridgehead atoms. The molecule has 1 atom stereocenters. The fourth-order valence-corrected chi connectivity index (χ4v) is 4.22.